The predicted molar refractivity (Wildman–Crippen MR) is 71.1 cm³/mol. The van der Waals surface area contributed by atoms with E-state index < -0.39 is 23.2 Å². The molecular weight excluding hydrogens is 324 g/mol. The molecule has 0 aliphatic heterocycles. The summed E-state index contributed by atoms with van der Waals surface area (Å²) >= 11 is 4.49. The first-order chi connectivity index (χ1) is 8.50. The third kappa shape index (κ3) is 2.44. The number of halogens is 3. The van der Waals surface area contributed by atoms with Gasteiger partial charge in [0.05, 0.1) is 4.88 Å². The lowest BCUT2D eigenvalue weighted by molar-refractivity contribution is 0.102. The van der Waals surface area contributed by atoms with Gasteiger partial charge in [-0.2, -0.15) is 0 Å². The molecule has 0 fully saturated rings. The molecule has 1 N–H and O–H groups in total. The Hall–Kier alpha value is -1.27. The van der Waals surface area contributed by atoms with Gasteiger partial charge in [-0.05, 0) is 40.5 Å². The normalized spacial score (nSPS) is 10.4. The van der Waals surface area contributed by atoms with E-state index in [0.717, 1.165) is 22.2 Å². The zero-order valence-corrected chi connectivity index (χ0v) is 11.7. The van der Waals surface area contributed by atoms with Crippen molar-refractivity contribution in [3.05, 3.63) is 50.1 Å². The van der Waals surface area contributed by atoms with Crippen LogP contribution in [-0.2, 0) is 0 Å². The molecule has 1 amide bonds. The molecule has 94 valence electrons. The molecule has 0 spiro atoms. The first-order valence-corrected chi connectivity index (χ1v) is 6.67. The van der Waals surface area contributed by atoms with Crippen LogP contribution in [0.3, 0.4) is 0 Å². The number of thiophene rings is 1. The molecule has 6 heteroatoms. The Kier molecular flexibility index (Phi) is 3.77. The zero-order valence-electron chi connectivity index (χ0n) is 9.26. The Morgan fingerprint density at radius 1 is 1.33 bits per heavy atom. The Bertz CT molecular complexity index is 592. The molecule has 0 aliphatic rings. The molecule has 2 aromatic rings. The fourth-order valence-corrected chi connectivity index (χ4v) is 2.86. The average Bonchev–Trinajstić information content (AvgIpc) is 2.65. The molecule has 2 nitrogen and oxygen atoms in total. The first-order valence-electron chi connectivity index (χ1n) is 4.99. The highest BCUT2D eigenvalue weighted by molar-refractivity contribution is 9.10. The van der Waals surface area contributed by atoms with Crippen LogP contribution in [0.4, 0.5) is 14.5 Å². The van der Waals surface area contributed by atoms with Crippen molar-refractivity contribution in [2.75, 3.05) is 5.32 Å². The molecule has 0 radical (unpaired) electrons. The van der Waals surface area contributed by atoms with Gasteiger partial charge in [0.25, 0.3) is 5.91 Å². The van der Waals surface area contributed by atoms with E-state index >= 15 is 0 Å². The van der Waals surface area contributed by atoms with Crippen LogP contribution in [0.15, 0.2) is 28.1 Å². The van der Waals surface area contributed by atoms with Gasteiger partial charge in [-0.3, -0.25) is 4.79 Å². The van der Waals surface area contributed by atoms with Gasteiger partial charge in [0.15, 0.2) is 0 Å². The van der Waals surface area contributed by atoms with E-state index in [4.69, 9.17) is 0 Å². The Morgan fingerprint density at radius 2 is 1.94 bits per heavy atom. The highest BCUT2D eigenvalue weighted by Crippen LogP contribution is 2.28. The number of carbonyl (C=O) groups excluding carboxylic acids is 1. The van der Waals surface area contributed by atoms with Gasteiger partial charge in [0.1, 0.15) is 17.3 Å². The zero-order chi connectivity index (χ0) is 13.3. The lowest BCUT2D eigenvalue weighted by atomic mass is 10.2. The molecule has 0 saturated carbocycles. The van der Waals surface area contributed by atoms with Crippen molar-refractivity contribution in [2.24, 2.45) is 0 Å². The van der Waals surface area contributed by atoms with E-state index in [1.165, 1.54) is 17.4 Å². The molecule has 0 unspecified atom stereocenters. The van der Waals surface area contributed by atoms with Crippen molar-refractivity contribution >= 4 is 38.9 Å². The lowest BCUT2D eigenvalue weighted by Gasteiger charge is -2.06. The Balaban J connectivity index is 2.30. The van der Waals surface area contributed by atoms with Gasteiger partial charge in [-0.25, -0.2) is 8.78 Å². The standard InChI is InChI=1S/C12H8BrF2NOS/c1-6-7(13)5-18-11(6)12(17)16-10-8(14)3-2-4-9(10)15/h2-5H,1H3,(H,16,17). The van der Waals surface area contributed by atoms with Crippen molar-refractivity contribution in [1.29, 1.82) is 0 Å². The van der Waals surface area contributed by atoms with Gasteiger partial charge in [0, 0.05) is 9.85 Å². The highest BCUT2D eigenvalue weighted by Gasteiger charge is 2.17. The summed E-state index contributed by atoms with van der Waals surface area (Å²) in [5.74, 6) is -2.11. The summed E-state index contributed by atoms with van der Waals surface area (Å²) in [5, 5.41) is 4.00. The number of hydrogen-bond donors (Lipinski definition) is 1. The maximum atomic E-state index is 13.4. The largest absolute Gasteiger partial charge is 0.316 e. The molecule has 0 atom stereocenters. The maximum absolute atomic E-state index is 13.4. The number of anilines is 1. The predicted octanol–water partition coefficient (Wildman–Crippen LogP) is 4.35. The van der Waals surface area contributed by atoms with Gasteiger partial charge < -0.3 is 5.32 Å². The molecule has 0 saturated heterocycles. The van der Waals surface area contributed by atoms with Crippen LogP contribution in [-0.4, -0.2) is 5.91 Å². The van der Waals surface area contributed by atoms with Crippen molar-refractivity contribution in [1.82, 2.24) is 0 Å². The monoisotopic (exact) mass is 331 g/mol. The molecule has 18 heavy (non-hydrogen) atoms. The smallest absolute Gasteiger partial charge is 0.266 e. The van der Waals surface area contributed by atoms with Crippen LogP contribution in [0.25, 0.3) is 0 Å². The molecule has 2 rings (SSSR count). The lowest BCUT2D eigenvalue weighted by Crippen LogP contribution is -2.13. The first kappa shape index (κ1) is 13.2. The number of benzene rings is 1. The fourth-order valence-electron chi connectivity index (χ4n) is 1.41. The van der Waals surface area contributed by atoms with E-state index in [1.807, 2.05) is 0 Å². The van der Waals surface area contributed by atoms with E-state index in [-0.39, 0.29) is 0 Å². The number of para-hydroxylation sites is 1. The highest BCUT2D eigenvalue weighted by atomic mass is 79.9. The maximum Gasteiger partial charge on any atom is 0.266 e. The molecular formula is C12H8BrF2NOS. The van der Waals surface area contributed by atoms with Gasteiger partial charge in [-0.15, -0.1) is 11.3 Å². The van der Waals surface area contributed by atoms with Crippen LogP contribution < -0.4 is 5.32 Å². The number of carbonyl (C=O) groups is 1. The van der Waals surface area contributed by atoms with Crippen LogP contribution in [0.1, 0.15) is 15.2 Å². The number of rotatable bonds is 2. The second-order valence-corrected chi connectivity index (χ2v) is 5.32. The SMILES string of the molecule is Cc1c(Br)csc1C(=O)Nc1c(F)cccc1F. The van der Waals surface area contributed by atoms with Crippen LogP contribution in [0.5, 0.6) is 0 Å². The summed E-state index contributed by atoms with van der Waals surface area (Å²) in [4.78, 5) is 12.3. The minimum atomic E-state index is -0.795. The Morgan fingerprint density at radius 3 is 2.44 bits per heavy atom. The summed E-state index contributed by atoms with van der Waals surface area (Å²) in [5.41, 5.74) is 0.320. The molecule has 1 aromatic carbocycles. The minimum Gasteiger partial charge on any atom is -0.316 e. The summed E-state index contributed by atoms with van der Waals surface area (Å²) in [6, 6.07) is 3.43. The number of nitrogens with one attached hydrogen (secondary N) is 1. The summed E-state index contributed by atoms with van der Waals surface area (Å²) < 4.78 is 27.5. The van der Waals surface area contributed by atoms with E-state index in [2.05, 4.69) is 21.2 Å². The van der Waals surface area contributed by atoms with Gasteiger partial charge in [-0.1, -0.05) is 6.07 Å². The second kappa shape index (κ2) is 5.16. The third-order valence-electron chi connectivity index (χ3n) is 2.39. The van der Waals surface area contributed by atoms with Crippen LogP contribution in [0, 0.1) is 18.6 Å². The summed E-state index contributed by atoms with van der Waals surface area (Å²) in [6.45, 7) is 1.76. The van der Waals surface area contributed by atoms with Gasteiger partial charge in [0.2, 0.25) is 0 Å². The average molecular weight is 332 g/mol. The quantitative estimate of drug-likeness (QED) is 0.870. The third-order valence-corrected chi connectivity index (χ3v) is 4.59. The number of amides is 1. The molecule has 1 heterocycles. The van der Waals surface area contributed by atoms with Crippen LogP contribution in [0.2, 0.25) is 0 Å². The second-order valence-electron chi connectivity index (χ2n) is 3.59. The summed E-state index contributed by atoms with van der Waals surface area (Å²) in [6.07, 6.45) is 0. The summed E-state index contributed by atoms with van der Waals surface area (Å²) in [7, 11) is 0. The molecule has 0 aliphatic carbocycles. The van der Waals surface area contributed by atoms with Crippen molar-refractivity contribution in [3.63, 3.8) is 0 Å². The van der Waals surface area contributed by atoms with Crippen molar-refractivity contribution in [3.8, 4) is 0 Å². The van der Waals surface area contributed by atoms with Crippen molar-refractivity contribution in [2.45, 2.75) is 6.92 Å². The van der Waals surface area contributed by atoms with Crippen LogP contribution >= 0.6 is 27.3 Å². The Labute approximate surface area is 115 Å². The van der Waals surface area contributed by atoms with Gasteiger partial charge >= 0.3 is 0 Å². The minimum absolute atomic E-state index is 0.421. The molecule has 1 aromatic heterocycles. The number of hydrogen-bond acceptors (Lipinski definition) is 2. The van der Waals surface area contributed by atoms with E-state index in [0.29, 0.717) is 4.88 Å². The van der Waals surface area contributed by atoms with E-state index in [1.54, 1.807) is 12.3 Å². The topological polar surface area (TPSA) is 29.1 Å². The molecule has 0 bridgehead atoms. The van der Waals surface area contributed by atoms with Crippen molar-refractivity contribution < 1.29 is 13.6 Å². The fraction of sp³-hybridized carbons (Fsp3) is 0.0833. The van der Waals surface area contributed by atoms with E-state index in [9.17, 15) is 13.6 Å².